The third kappa shape index (κ3) is 2.86. The predicted molar refractivity (Wildman–Crippen MR) is 131 cm³/mol. The third-order valence-electron chi connectivity index (χ3n) is 7.72. The van der Waals surface area contributed by atoms with Gasteiger partial charge in [0.05, 0.1) is 10.9 Å². The van der Waals surface area contributed by atoms with E-state index in [-0.39, 0.29) is 0 Å². The van der Waals surface area contributed by atoms with Gasteiger partial charge in [-0.15, -0.1) is 0 Å². The van der Waals surface area contributed by atoms with Crippen molar-refractivity contribution in [1.82, 2.24) is 0 Å². The molecule has 4 aliphatic heterocycles. The Kier molecular flexibility index (Phi) is 4.35. The zero-order chi connectivity index (χ0) is 22.8. The van der Waals surface area contributed by atoms with Gasteiger partial charge in [0.25, 0.3) is 0 Å². The Labute approximate surface area is 198 Å². The molecule has 0 aromatic heterocycles. The molecular weight excluding hydrogens is 424 g/mol. The van der Waals surface area contributed by atoms with Crippen molar-refractivity contribution in [1.29, 1.82) is 0 Å². The lowest BCUT2D eigenvalue weighted by atomic mass is 9.83. The highest BCUT2D eigenvalue weighted by atomic mass is 16.5. The molecule has 3 aromatic carbocycles. The van der Waals surface area contributed by atoms with Crippen LogP contribution < -0.4 is 20.2 Å². The van der Waals surface area contributed by atoms with Crippen molar-refractivity contribution in [2.75, 3.05) is 24.5 Å². The number of aryl methyl sites for hydroxylation is 2. The number of hydrogen-bond donors (Lipinski definition) is 1. The van der Waals surface area contributed by atoms with Crippen LogP contribution >= 0.6 is 0 Å². The fraction of sp³-hybridized carbons (Fsp3) is 0.310. The number of ether oxygens (including phenoxy) is 1. The van der Waals surface area contributed by atoms with Crippen molar-refractivity contribution in [2.24, 2.45) is 4.99 Å². The van der Waals surface area contributed by atoms with Crippen LogP contribution in [0.4, 0.5) is 5.69 Å². The van der Waals surface area contributed by atoms with E-state index in [4.69, 9.17) is 9.73 Å². The fourth-order valence-corrected chi connectivity index (χ4v) is 6.28. The van der Waals surface area contributed by atoms with Gasteiger partial charge in [-0.1, -0.05) is 18.2 Å². The zero-order valence-electron chi connectivity index (χ0n) is 19.1. The molecule has 0 saturated heterocycles. The Hall–Kier alpha value is -3.60. The Balaban J connectivity index is 1.62. The molecular formula is C29H26N2O3. The van der Waals surface area contributed by atoms with Crippen LogP contribution in [-0.2, 0) is 19.3 Å². The van der Waals surface area contributed by atoms with Crippen LogP contribution in [0.2, 0.25) is 0 Å². The minimum atomic E-state index is -0.906. The molecule has 4 aliphatic rings. The summed E-state index contributed by atoms with van der Waals surface area (Å²) in [4.78, 5) is 19.5. The number of carboxylic acids is 1. The normalized spacial score (nSPS) is 17.5. The molecule has 0 bridgehead atoms. The van der Waals surface area contributed by atoms with E-state index in [1.165, 1.54) is 22.4 Å². The number of hydrogen-bond acceptors (Lipinski definition) is 4. The molecule has 170 valence electrons. The van der Waals surface area contributed by atoms with Crippen molar-refractivity contribution in [3.8, 4) is 11.5 Å². The molecule has 0 aliphatic carbocycles. The summed E-state index contributed by atoms with van der Waals surface area (Å²) in [6.45, 7) is 3.04. The average Bonchev–Trinajstić information content (AvgIpc) is 2.87. The topological polar surface area (TPSA) is 62.1 Å². The van der Waals surface area contributed by atoms with Gasteiger partial charge in [0.2, 0.25) is 0 Å². The number of fused-ring (bicyclic) bond motifs is 4. The fourth-order valence-electron chi connectivity index (χ4n) is 6.28. The zero-order valence-corrected chi connectivity index (χ0v) is 19.1. The van der Waals surface area contributed by atoms with E-state index in [1.54, 1.807) is 12.1 Å². The molecule has 3 aromatic rings. The second-order valence-corrected chi connectivity index (χ2v) is 9.72. The molecule has 0 atom stereocenters. The summed E-state index contributed by atoms with van der Waals surface area (Å²) in [6, 6.07) is 13.9. The Morgan fingerprint density at radius 3 is 2.65 bits per heavy atom. The smallest absolute Gasteiger partial charge is 0.336 e. The van der Waals surface area contributed by atoms with Gasteiger partial charge in [-0.2, -0.15) is 0 Å². The molecule has 34 heavy (non-hydrogen) atoms. The molecule has 0 amide bonds. The van der Waals surface area contributed by atoms with Crippen molar-refractivity contribution in [2.45, 2.75) is 38.5 Å². The Bertz CT molecular complexity index is 1500. The molecule has 5 nitrogen and oxygen atoms in total. The van der Waals surface area contributed by atoms with Gasteiger partial charge in [0.15, 0.2) is 0 Å². The van der Waals surface area contributed by atoms with E-state index in [9.17, 15) is 9.90 Å². The standard InChI is InChI=1S/C29H26N2O3/c32-29(33)20-9-2-1-8-19(20)26-22-14-17-6-3-11-30-24(17)16-25(22)34-28-21-10-5-13-31-12-4-7-18(27(21)31)15-23(26)28/h1-2,8-9,14-16H,3-7,10-13H2,(H,32,33). The summed E-state index contributed by atoms with van der Waals surface area (Å²) in [7, 11) is 0. The van der Waals surface area contributed by atoms with Gasteiger partial charge in [0, 0.05) is 53.3 Å². The highest BCUT2D eigenvalue weighted by molar-refractivity contribution is 5.99. The predicted octanol–water partition coefficient (Wildman–Crippen LogP) is 4.00. The van der Waals surface area contributed by atoms with Crippen molar-refractivity contribution in [3.05, 3.63) is 86.4 Å². The minimum Gasteiger partial charge on any atom is -0.478 e. The first-order chi connectivity index (χ1) is 16.7. The van der Waals surface area contributed by atoms with Crippen LogP contribution in [0, 0.1) is 0 Å². The lowest BCUT2D eigenvalue weighted by Crippen LogP contribution is -2.35. The molecule has 0 fully saturated rings. The molecule has 0 radical (unpaired) electrons. The molecule has 0 saturated carbocycles. The van der Waals surface area contributed by atoms with Crippen LogP contribution in [0.15, 0.2) is 47.5 Å². The highest BCUT2D eigenvalue weighted by Gasteiger charge is 2.33. The van der Waals surface area contributed by atoms with E-state index < -0.39 is 5.97 Å². The maximum atomic E-state index is 12.3. The summed E-state index contributed by atoms with van der Waals surface area (Å²) in [6.07, 6.45) is 6.32. The van der Waals surface area contributed by atoms with E-state index >= 15 is 0 Å². The van der Waals surface area contributed by atoms with Crippen LogP contribution in [0.1, 0.15) is 57.4 Å². The second kappa shape index (κ2) is 7.45. The van der Waals surface area contributed by atoms with Gasteiger partial charge in [0.1, 0.15) is 11.5 Å². The number of aromatic carboxylic acids is 1. The first kappa shape index (κ1) is 19.8. The maximum Gasteiger partial charge on any atom is 0.336 e. The number of carboxylic acid groups (broad SMARTS) is 1. The summed E-state index contributed by atoms with van der Waals surface area (Å²) in [5.74, 6) is 0.788. The SMILES string of the molecule is O=C(O)c1ccccc1C1=c2cc3c(cc2Oc2c1cc1c4c2CCCN4CCC1)=NCCC3. The van der Waals surface area contributed by atoms with E-state index in [1.807, 2.05) is 12.1 Å². The van der Waals surface area contributed by atoms with Crippen molar-refractivity contribution < 1.29 is 14.6 Å². The van der Waals surface area contributed by atoms with E-state index in [0.29, 0.717) is 5.56 Å². The number of anilines is 1. The summed E-state index contributed by atoms with van der Waals surface area (Å²) in [5, 5.41) is 12.0. The average molecular weight is 451 g/mol. The van der Waals surface area contributed by atoms with Gasteiger partial charge < -0.3 is 14.7 Å². The number of rotatable bonds is 2. The minimum absolute atomic E-state index is 0.326. The van der Waals surface area contributed by atoms with Gasteiger partial charge in [-0.25, -0.2) is 4.79 Å². The molecule has 1 N–H and O–H groups in total. The molecule has 5 heteroatoms. The summed E-state index contributed by atoms with van der Waals surface area (Å²) in [5.41, 5.74) is 8.31. The van der Waals surface area contributed by atoms with E-state index in [0.717, 1.165) is 96.9 Å². The monoisotopic (exact) mass is 450 g/mol. The third-order valence-corrected chi connectivity index (χ3v) is 7.72. The molecule has 0 unspecified atom stereocenters. The van der Waals surface area contributed by atoms with Crippen LogP contribution in [0.3, 0.4) is 0 Å². The number of benzene rings is 3. The number of carbonyl (C=O) groups is 1. The van der Waals surface area contributed by atoms with Crippen molar-refractivity contribution in [3.63, 3.8) is 0 Å². The Morgan fingerprint density at radius 2 is 1.76 bits per heavy atom. The molecule has 0 spiro atoms. The largest absolute Gasteiger partial charge is 0.478 e. The lowest BCUT2D eigenvalue weighted by Gasteiger charge is -2.39. The highest BCUT2D eigenvalue weighted by Crippen LogP contribution is 2.48. The molecule has 7 rings (SSSR count). The first-order valence-electron chi connectivity index (χ1n) is 12.4. The van der Waals surface area contributed by atoms with Gasteiger partial charge in [-0.3, -0.25) is 4.99 Å². The van der Waals surface area contributed by atoms with Gasteiger partial charge in [-0.05, 0) is 73.4 Å². The van der Waals surface area contributed by atoms with Crippen molar-refractivity contribution >= 4 is 17.2 Å². The Morgan fingerprint density at radius 1 is 0.941 bits per heavy atom. The number of nitrogens with zero attached hydrogens (tertiary/aromatic N) is 2. The maximum absolute atomic E-state index is 12.3. The van der Waals surface area contributed by atoms with Crippen LogP contribution in [-0.4, -0.2) is 30.7 Å². The second-order valence-electron chi connectivity index (χ2n) is 9.72. The quantitative estimate of drug-likeness (QED) is 0.502. The molecule has 4 heterocycles. The summed E-state index contributed by atoms with van der Waals surface area (Å²) >= 11 is 0. The lowest BCUT2D eigenvalue weighted by molar-refractivity contribution is 0.0696. The van der Waals surface area contributed by atoms with Gasteiger partial charge >= 0.3 is 5.97 Å². The first-order valence-corrected chi connectivity index (χ1v) is 12.4. The van der Waals surface area contributed by atoms with Crippen LogP contribution in [0.25, 0.3) is 5.57 Å². The summed E-state index contributed by atoms with van der Waals surface area (Å²) < 4.78 is 6.71. The van der Waals surface area contributed by atoms with Crippen LogP contribution in [0.5, 0.6) is 11.5 Å². The van der Waals surface area contributed by atoms with E-state index in [2.05, 4.69) is 23.1 Å².